The molecule has 2 rings (SSSR count). The van der Waals surface area contributed by atoms with Gasteiger partial charge in [0.2, 0.25) is 11.7 Å². The van der Waals surface area contributed by atoms with Crippen LogP contribution >= 0.6 is 11.8 Å². The Hall–Kier alpha value is -2.85. The van der Waals surface area contributed by atoms with Crippen molar-refractivity contribution in [3.8, 4) is 23.3 Å². The Labute approximate surface area is 169 Å². The molecular formula is C21H24N2O4S. The van der Waals surface area contributed by atoms with Gasteiger partial charge < -0.3 is 19.5 Å². The minimum Gasteiger partial charge on any atom is -0.493 e. The number of hydrogen-bond acceptors (Lipinski definition) is 6. The summed E-state index contributed by atoms with van der Waals surface area (Å²) in [5, 5.41) is 12.3. The lowest BCUT2D eigenvalue weighted by molar-refractivity contribution is -0.118. The average Bonchev–Trinajstić information content (AvgIpc) is 2.70. The summed E-state index contributed by atoms with van der Waals surface area (Å²) in [5.41, 5.74) is 2.92. The third-order valence-electron chi connectivity index (χ3n) is 4.04. The third kappa shape index (κ3) is 5.57. The second-order valence-electron chi connectivity index (χ2n) is 6.07. The quantitative estimate of drug-likeness (QED) is 0.692. The van der Waals surface area contributed by atoms with Gasteiger partial charge >= 0.3 is 0 Å². The fraction of sp³-hybridized carbons (Fsp3) is 0.333. The Kier molecular flexibility index (Phi) is 8.02. The van der Waals surface area contributed by atoms with Gasteiger partial charge in [0.05, 0.1) is 33.2 Å². The lowest BCUT2D eigenvalue weighted by atomic mass is 10.1. The summed E-state index contributed by atoms with van der Waals surface area (Å²) < 4.78 is 15.9. The lowest BCUT2D eigenvalue weighted by Gasteiger charge is -2.17. The molecule has 28 heavy (non-hydrogen) atoms. The van der Waals surface area contributed by atoms with Gasteiger partial charge in [-0.05, 0) is 30.2 Å². The molecule has 0 heterocycles. The van der Waals surface area contributed by atoms with Gasteiger partial charge in [0, 0.05) is 5.75 Å². The summed E-state index contributed by atoms with van der Waals surface area (Å²) in [6, 6.07) is 12.8. The number of nitriles is 1. The fourth-order valence-corrected chi connectivity index (χ4v) is 3.51. The second kappa shape index (κ2) is 10.5. The van der Waals surface area contributed by atoms with Gasteiger partial charge in [-0.3, -0.25) is 4.79 Å². The number of hydrogen-bond donors (Lipinski definition) is 1. The van der Waals surface area contributed by atoms with E-state index >= 15 is 0 Å². The average molecular weight is 401 g/mol. The number of thioether (sulfide) groups is 1. The lowest BCUT2D eigenvalue weighted by Crippen LogP contribution is -2.29. The van der Waals surface area contributed by atoms with Gasteiger partial charge in [0.1, 0.15) is 6.04 Å². The maximum Gasteiger partial charge on any atom is 0.231 e. The first-order valence-corrected chi connectivity index (χ1v) is 9.80. The Morgan fingerprint density at radius 2 is 1.82 bits per heavy atom. The Balaban J connectivity index is 2.03. The van der Waals surface area contributed by atoms with E-state index in [0.29, 0.717) is 22.8 Å². The fourth-order valence-electron chi connectivity index (χ4n) is 2.72. The van der Waals surface area contributed by atoms with Crippen LogP contribution in [-0.2, 0) is 10.5 Å². The zero-order valence-electron chi connectivity index (χ0n) is 16.4. The molecule has 1 atom stereocenters. The van der Waals surface area contributed by atoms with E-state index in [2.05, 4.69) is 17.5 Å². The van der Waals surface area contributed by atoms with Crippen LogP contribution in [0.15, 0.2) is 36.4 Å². The normalized spacial score (nSPS) is 11.2. The molecule has 0 aliphatic rings. The van der Waals surface area contributed by atoms with E-state index in [1.54, 1.807) is 12.1 Å². The highest BCUT2D eigenvalue weighted by Crippen LogP contribution is 2.39. The molecule has 0 aliphatic carbocycles. The standard InChI is InChI=1S/C21H24N2O4S/c1-14-6-5-7-15(8-14)12-28-13-20(24)23-17(11-22)16-9-18(25-2)21(27-4)19(10-16)26-3/h5-10,17H,12-13H2,1-4H3,(H,23,24). The number of carbonyl (C=O) groups excluding carboxylic acids is 1. The van der Waals surface area contributed by atoms with Crippen LogP contribution in [0.3, 0.4) is 0 Å². The molecule has 6 nitrogen and oxygen atoms in total. The molecule has 0 radical (unpaired) electrons. The first-order valence-electron chi connectivity index (χ1n) is 8.64. The molecule has 0 saturated heterocycles. The van der Waals surface area contributed by atoms with E-state index in [1.807, 2.05) is 25.1 Å². The zero-order valence-corrected chi connectivity index (χ0v) is 17.3. The van der Waals surface area contributed by atoms with E-state index in [0.717, 1.165) is 5.75 Å². The zero-order chi connectivity index (χ0) is 20.5. The highest BCUT2D eigenvalue weighted by molar-refractivity contribution is 7.99. The van der Waals surface area contributed by atoms with Crippen molar-refractivity contribution in [2.75, 3.05) is 27.1 Å². The number of amides is 1. The van der Waals surface area contributed by atoms with Crippen LogP contribution in [0.1, 0.15) is 22.7 Å². The van der Waals surface area contributed by atoms with Gasteiger partial charge in [0.25, 0.3) is 0 Å². The summed E-state index contributed by atoms with van der Waals surface area (Å²) in [4.78, 5) is 12.3. The Morgan fingerprint density at radius 3 is 2.36 bits per heavy atom. The topological polar surface area (TPSA) is 80.6 Å². The molecule has 2 aromatic rings. The second-order valence-corrected chi connectivity index (χ2v) is 7.06. The largest absolute Gasteiger partial charge is 0.493 e. The predicted octanol–water partition coefficient (Wildman–Crippen LogP) is 3.64. The molecule has 1 unspecified atom stereocenters. The van der Waals surface area contributed by atoms with E-state index in [9.17, 15) is 10.1 Å². The SMILES string of the molecule is COc1cc(C(C#N)NC(=O)CSCc2cccc(C)c2)cc(OC)c1OC. The molecule has 0 aliphatic heterocycles. The molecule has 0 saturated carbocycles. The highest BCUT2D eigenvalue weighted by Gasteiger charge is 2.20. The Morgan fingerprint density at radius 1 is 1.14 bits per heavy atom. The van der Waals surface area contributed by atoms with Crippen molar-refractivity contribution in [2.45, 2.75) is 18.7 Å². The van der Waals surface area contributed by atoms with Crippen LogP contribution in [0, 0.1) is 18.3 Å². The van der Waals surface area contributed by atoms with Gasteiger partial charge in [-0.2, -0.15) is 5.26 Å². The van der Waals surface area contributed by atoms with Crippen LogP contribution in [0.4, 0.5) is 0 Å². The Bertz CT molecular complexity index is 839. The summed E-state index contributed by atoms with van der Waals surface area (Å²) in [5.74, 6) is 2.08. The first-order chi connectivity index (χ1) is 13.5. The van der Waals surface area contributed by atoms with Crippen molar-refractivity contribution in [2.24, 2.45) is 0 Å². The predicted molar refractivity (Wildman–Crippen MR) is 110 cm³/mol. The number of benzene rings is 2. The number of methoxy groups -OCH3 is 3. The summed E-state index contributed by atoms with van der Waals surface area (Å²) >= 11 is 1.50. The van der Waals surface area contributed by atoms with Crippen molar-refractivity contribution >= 4 is 17.7 Å². The van der Waals surface area contributed by atoms with Crippen LogP contribution in [-0.4, -0.2) is 33.0 Å². The third-order valence-corrected chi connectivity index (χ3v) is 5.04. The van der Waals surface area contributed by atoms with E-state index in [-0.39, 0.29) is 11.7 Å². The van der Waals surface area contributed by atoms with Gasteiger partial charge in [-0.15, -0.1) is 11.8 Å². The molecule has 0 aromatic heterocycles. The summed E-state index contributed by atoms with van der Waals surface area (Å²) in [7, 11) is 4.51. The molecule has 148 valence electrons. The monoisotopic (exact) mass is 400 g/mol. The number of nitrogens with one attached hydrogen (secondary N) is 1. The van der Waals surface area contributed by atoms with Crippen LogP contribution < -0.4 is 19.5 Å². The number of aryl methyl sites for hydroxylation is 1. The molecule has 1 amide bonds. The molecule has 0 spiro atoms. The number of rotatable bonds is 9. The van der Waals surface area contributed by atoms with Crippen molar-refractivity contribution in [3.05, 3.63) is 53.1 Å². The minimum atomic E-state index is -0.819. The maximum absolute atomic E-state index is 12.3. The van der Waals surface area contributed by atoms with E-state index in [1.165, 1.54) is 44.2 Å². The van der Waals surface area contributed by atoms with Gasteiger partial charge in [-0.1, -0.05) is 29.8 Å². The molecule has 0 bridgehead atoms. The molecule has 2 aromatic carbocycles. The van der Waals surface area contributed by atoms with Crippen LogP contribution in [0.5, 0.6) is 17.2 Å². The van der Waals surface area contributed by atoms with E-state index in [4.69, 9.17) is 14.2 Å². The number of carbonyl (C=O) groups is 1. The van der Waals surface area contributed by atoms with E-state index < -0.39 is 6.04 Å². The summed E-state index contributed by atoms with van der Waals surface area (Å²) in [6.45, 7) is 2.04. The molecular weight excluding hydrogens is 376 g/mol. The van der Waals surface area contributed by atoms with Crippen molar-refractivity contribution in [1.82, 2.24) is 5.32 Å². The number of ether oxygens (including phenoxy) is 3. The van der Waals surface area contributed by atoms with Crippen molar-refractivity contribution in [3.63, 3.8) is 0 Å². The molecule has 7 heteroatoms. The summed E-state index contributed by atoms with van der Waals surface area (Å²) in [6.07, 6.45) is 0. The maximum atomic E-state index is 12.3. The van der Waals surface area contributed by atoms with Gasteiger partial charge in [-0.25, -0.2) is 0 Å². The highest BCUT2D eigenvalue weighted by atomic mass is 32.2. The van der Waals surface area contributed by atoms with Crippen molar-refractivity contribution < 1.29 is 19.0 Å². The smallest absolute Gasteiger partial charge is 0.231 e. The molecule has 0 fully saturated rings. The minimum absolute atomic E-state index is 0.210. The molecule has 1 N–H and O–H groups in total. The van der Waals surface area contributed by atoms with Crippen molar-refractivity contribution in [1.29, 1.82) is 5.26 Å². The number of nitrogens with zero attached hydrogens (tertiary/aromatic N) is 1. The van der Waals surface area contributed by atoms with Crippen LogP contribution in [0.2, 0.25) is 0 Å². The first kappa shape index (κ1) is 21.5. The van der Waals surface area contributed by atoms with Crippen LogP contribution in [0.25, 0.3) is 0 Å². The van der Waals surface area contributed by atoms with Gasteiger partial charge in [0.15, 0.2) is 11.5 Å².